The average molecular weight is 286 g/mol. The van der Waals surface area contributed by atoms with E-state index in [1.807, 2.05) is 0 Å². The van der Waals surface area contributed by atoms with Gasteiger partial charge in [0.25, 0.3) is 6.43 Å². The van der Waals surface area contributed by atoms with Gasteiger partial charge >= 0.3 is 0 Å². The standard InChI is InChI=1S/C12H10ClF2N3O/c13-18-8-1-3-10(4-2-8)19-7-9-5-16-6-11(17-9)12(14)15/h1-6,12,18H,7H2. The number of nitrogens with one attached hydrogen (secondary N) is 1. The lowest BCUT2D eigenvalue weighted by atomic mass is 10.3. The van der Waals surface area contributed by atoms with Crippen molar-refractivity contribution < 1.29 is 13.5 Å². The lowest BCUT2D eigenvalue weighted by Crippen LogP contribution is -2.02. The molecule has 0 spiro atoms. The molecular weight excluding hydrogens is 276 g/mol. The minimum absolute atomic E-state index is 0.0706. The third-order valence-electron chi connectivity index (χ3n) is 2.28. The summed E-state index contributed by atoms with van der Waals surface area (Å²) in [7, 11) is 0. The van der Waals surface area contributed by atoms with E-state index in [2.05, 4.69) is 14.8 Å². The van der Waals surface area contributed by atoms with Crippen LogP contribution in [0, 0.1) is 0 Å². The van der Waals surface area contributed by atoms with Crippen LogP contribution in [0.15, 0.2) is 36.7 Å². The molecule has 0 fully saturated rings. The molecule has 4 nitrogen and oxygen atoms in total. The van der Waals surface area contributed by atoms with Crippen molar-refractivity contribution in [1.82, 2.24) is 9.97 Å². The highest BCUT2D eigenvalue weighted by Gasteiger charge is 2.10. The summed E-state index contributed by atoms with van der Waals surface area (Å²) in [4.78, 5) is 9.90. The number of aromatic nitrogens is 2. The highest BCUT2D eigenvalue weighted by Crippen LogP contribution is 2.18. The first-order chi connectivity index (χ1) is 9.19. The van der Waals surface area contributed by atoms with Crippen LogP contribution in [0.4, 0.5) is 14.5 Å². The summed E-state index contributed by atoms with van der Waals surface area (Å²) >= 11 is 5.42. The molecule has 0 radical (unpaired) electrons. The Kier molecular flexibility index (Phi) is 4.46. The molecule has 0 aliphatic rings. The fraction of sp³-hybridized carbons (Fsp3) is 0.167. The number of nitrogens with zero attached hydrogens (tertiary/aromatic N) is 2. The summed E-state index contributed by atoms with van der Waals surface area (Å²) in [6.45, 7) is 0.0706. The number of rotatable bonds is 5. The molecule has 1 aromatic carbocycles. The van der Waals surface area contributed by atoms with Crippen LogP contribution in [0.3, 0.4) is 0 Å². The average Bonchev–Trinajstić information content (AvgIpc) is 2.46. The molecule has 0 amide bonds. The molecule has 1 aromatic heterocycles. The van der Waals surface area contributed by atoms with Gasteiger partial charge in [0.15, 0.2) is 0 Å². The first-order valence-electron chi connectivity index (χ1n) is 5.37. The molecule has 1 heterocycles. The van der Waals surface area contributed by atoms with Crippen molar-refractivity contribution in [1.29, 1.82) is 0 Å². The number of anilines is 1. The summed E-state index contributed by atoms with van der Waals surface area (Å²) in [6.07, 6.45) is -0.211. The van der Waals surface area contributed by atoms with Crippen LogP contribution >= 0.6 is 11.8 Å². The lowest BCUT2D eigenvalue weighted by molar-refractivity contribution is 0.144. The molecule has 0 aliphatic carbocycles. The first kappa shape index (κ1) is 13.5. The second kappa shape index (κ2) is 6.29. The van der Waals surface area contributed by atoms with Crippen LogP contribution in [-0.4, -0.2) is 9.97 Å². The van der Waals surface area contributed by atoms with E-state index in [0.717, 1.165) is 11.9 Å². The van der Waals surface area contributed by atoms with Gasteiger partial charge in [-0.15, -0.1) is 0 Å². The minimum Gasteiger partial charge on any atom is -0.487 e. The number of alkyl halides is 2. The van der Waals surface area contributed by atoms with Crippen molar-refractivity contribution in [2.75, 3.05) is 4.84 Å². The number of hydrogen-bond donors (Lipinski definition) is 1. The second-order valence-corrected chi connectivity index (χ2v) is 3.83. The van der Waals surface area contributed by atoms with Crippen LogP contribution in [0.1, 0.15) is 17.8 Å². The topological polar surface area (TPSA) is 47.0 Å². The Morgan fingerprint density at radius 3 is 2.58 bits per heavy atom. The molecule has 0 aliphatic heterocycles. The van der Waals surface area contributed by atoms with Gasteiger partial charge in [0.05, 0.1) is 18.1 Å². The lowest BCUT2D eigenvalue weighted by Gasteiger charge is -2.07. The van der Waals surface area contributed by atoms with Gasteiger partial charge in [0, 0.05) is 17.5 Å². The largest absolute Gasteiger partial charge is 0.487 e. The molecule has 2 rings (SSSR count). The highest BCUT2D eigenvalue weighted by molar-refractivity contribution is 6.23. The molecule has 0 unspecified atom stereocenters. The van der Waals surface area contributed by atoms with E-state index >= 15 is 0 Å². The van der Waals surface area contributed by atoms with E-state index in [1.54, 1.807) is 24.3 Å². The molecule has 0 bridgehead atoms. The predicted octanol–water partition coefficient (Wildman–Crippen LogP) is 3.56. The van der Waals surface area contributed by atoms with Crippen LogP contribution in [0.25, 0.3) is 0 Å². The van der Waals surface area contributed by atoms with Gasteiger partial charge in [-0.3, -0.25) is 9.82 Å². The summed E-state index contributed by atoms with van der Waals surface area (Å²) in [5.41, 5.74) is 0.716. The van der Waals surface area contributed by atoms with E-state index in [-0.39, 0.29) is 12.3 Å². The number of halogens is 3. The van der Waals surface area contributed by atoms with Gasteiger partial charge in [-0.05, 0) is 24.3 Å². The molecule has 0 atom stereocenters. The Labute approximate surface area is 113 Å². The van der Waals surface area contributed by atoms with Crippen LogP contribution in [0.5, 0.6) is 5.75 Å². The van der Waals surface area contributed by atoms with E-state index in [4.69, 9.17) is 16.5 Å². The smallest absolute Gasteiger partial charge is 0.281 e. The molecule has 100 valence electrons. The van der Waals surface area contributed by atoms with Crippen molar-refractivity contribution in [2.24, 2.45) is 0 Å². The molecular formula is C12H10ClF2N3O. The minimum atomic E-state index is -2.64. The Balaban J connectivity index is 1.99. The maximum absolute atomic E-state index is 12.4. The van der Waals surface area contributed by atoms with Crippen molar-refractivity contribution in [2.45, 2.75) is 13.0 Å². The molecule has 1 N–H and O–H groups in total. The number of ether oxygens (including phenoxy) is 1. The van der Waals surface area contributed by atoms with E-state index < -0.39 is 6.43 Å². The third-order valence-corrected chi connectivity index (χ3v) is 2.50. The number of hydrogen-bond acceptors (Lipinski definition) is 4. The summed E-state index contributed by atoms with van der Waals surface area (Å²) in [5, 5.41) is 0. The Morgan fingerprint density at radius 2 is 1.95 bits per heavy atom. The van der Waals surface area contributed by atoms with Gasteiger partial charge in [0.2, 0.25) is 0 Å². The van der Waals surface area contributed by atoms with Crippen molar-refractivity contribution in [3.63, 3.8) is 0 Å². The fourth-order valence-corrected chi connectivity index (χ4v) is 1.50. The Bertz CT molecular complexity index is 537. The maximum Gasteiger partial charge on any atom is 0.281 e. The first-order valence-corrected chi connectivity index (χ1v) is 5.75. The zero-order chi connectivity index (χ0) is 13.7. The summed E-state index contributed by atoms with van der Waals surface area (Å²) in [5.74, 6) is 0.583. The van der Waals surface area contributed by atoms with Crippen molar-refractivity contribution in [3.05, 3.63) is 48.0 Å². The second-order valence-electron chi connectivity index (χ2n) is 3.64. The van der Waals surface area contributed by atoms with Gasteiger partial charge in [-0.1, -0.05) is 0 Å². The van der Waals surface area contributed by atoms with Gasteiger partial charge in [0.1, 0.15) is 18.1 Å². The van der Waals surface area contributed by atoms with Crippen molar-refractivity contribution >= 4 is 17.5 Å². The quantitative estimate of drug-likeness (QED) is 0.853. The zero-order valence-corrected chi connectivity index (χ0v) is 10.4. The monoisotopic (exact) mass is 285 g/mol. The predicted molar refractivity (Wildman–Crippen MR) is 67.2 cm³/mol. The highest BCUT2D eigenvalue weighted by atomic mass is 35.5. The molecule has 19 heavy (non-hydrogen) atoms. The molecule has 2 aromatic rings. The molecule has 7 heteroatoms. The van der Waals surface area contributed by atoms with Crippen LogP contribution < -0.4 is 9.57 Å². The van der Waals surface area contributed by atoms with Gasteiger partial charge in [-0.25, -0.2) is 13.8 Å². The number of benzene rings is 1. The fourth-order valence-electron chi connectivity index (χ4n) is 1.37. The van der Waals surface area contributed by atoms with E-state index in [0.29, 0.717) is 11.4 Å². The van der Waals surface area contributed by atoms with E-state index in [9.17, 15) is 8.78 Å². The van der Waals surface area contributed by atoms with Gasteiger partial charge < -0.3 is 4.74 Å². The van der Waals surface area contributed by atoms with E-state index in [1.165, 1.54) is 6.20 Å². The van der Waals surface area contributed by atoms with Crippen LogP contribution in [-0.2, 0) is 6.61 Å². The normalized spacial score (nSPS) is 10.5. The molecule has 0 saturated heterocycles. The maximum atomic E-state index is 12.4. The zero-order valence-electron chi connectivity index (χ0n) is 9.69. The Hall–Kier alpha value is -1.95. The van der Waals surface area contributed by atoms with Gasteiger partial charge in [-0.2, -0.15) is 0 Å². The van der Waals surface area contributed by atoms with Crippen LogP contribution in [0.2, 0.25) is 0 Å². The summed E-state index contributed by atoms with van der Waals surface area (Å²) in [6, 6.07) is 6.86. The third kappa shape index (κ3) is 3.75. The van der Waals surface area contributed by atoms with Crippen molar-refractivity contribution in [3.8, 4) is 5.75 Å². The Morgan fingerprint density at radius 1 is 1.21 bits per heavy atom. The summed E-state index contributed by atoms with van der Waals surface area (Å²) < 4.78 is 30.3. The molecule has 0 saturated carbocycles. The SMILES string of the molecule is FC(F)c1cncc(COc2ccc(NCl)cc2)n1.